The van der Waals surface area contributed by atoms with Crippen LogP contribution in [0, 0.1) is 0 Å². The number of halogens is 1. The number of aryl methyl sites for hydroxylation is 1. The number of thiophene rings is 1. The second-order valence-electron chi connectivity index (χ2n) is 5.11. The molecule has 3 rings (SSSR count). The van der Waals surface area contributed by atoms with Gasteiger partial charge in [0.1, 0.15) is 5.82 Å². The number of hydrogen-bond acceptors (Lipinski definition) is 3. The van der Waals surface area contributed by atoms with E-state index in [0.29, 0.717) is 17.9 Å². The van der Waals surface area contributed by atoms with E-state index in [1.807, 2.05) is 29.6 Å². The van der Waals surface area contributed by atoms with Crippen LogP contribution in [0.1, 0.15) is 27.7 Å². The molecule has 0 saturated heterocycles. The average Bonchev–Trinajstić information content (AvgIpc) is 3.17. The van der Waals surface area contributed by atoms with Crippen molar-refractivity contribution in [2.45, 2.75) is 19.9 Å². The molecule has 0 atom stereocenters. The smallest absolute Gasteiger partial charge is 0.256 e. The number of nitrogens with one attached hydrogen (secondary N) is 1. The Morgan fingerprint density at radius 3 is 2.74 bits per heavy atom. The maximum absolute atomic E-state index is 12.4. The zero-order valence-electron chi connectivity index (χ0n) is 12.6. The van der Waals surface area contributed by atoms with Gasteiger partial charge in [-0.05, 0) is 46.1 Å². The molecule has 4 nitrogen and oxygen atoms in total. The van der Waals surface area contributed by atoms with Crippen molar-refractivity contribution in [3.63, 3.8) is 0 Å². The first-order chi connectivity index (χ1) is 11.2. The zero-order valence-corrected chi connectivity index (χ0v) is 15.0. The van der Waals surface area contributed by atoms with Crippen LogP contribution in [0.25, 0.3) is 0 Å². The van der Waals surface area contributed by atoms with E-state index < -0.39 is 0 Å². The minimum Gasteiger partial charge on any atom is -0.307 e. The lowest BCUT2D eigenvalue weighted by atomic mass is 10.1. The third kappa shape index (κ3) is 3.89. The van der Waals surface area contributed by atoms with Crippen molar-refractivity contribution >= 4 is 39.0 Å². The molecule has 118 valence electrons. The second-order valence-corrected chi connectivity index (χ2v) is 7.02. The fraction of sp³-hybridized carbons (Fsp3) is 0.176. The molecule has 0 bridgehead atoms. The van der Waals surface area contributed by atoms with E-state index in [2.05, 4.69) is 39.3 Å². The minimum atomic E-state index is -0.123. The summed E-state index contributed by atoms with van der Waals surface area (Å²) in [5, 5.41) is 9.25. The van der Waals surface area contributed by atoms with Gasteiger partial charge in [0.25, 0.3) is 5.91 Å². The first kappa shape index (κ1) is 16.0. The minimum absolute atomic E-state index is 0.123. The van der Waals surface area contributed by atoms with Crippen LogP contribution in [0.15, 0.2) is 52.4 Å². The van der Waals surface area contributed by atoms with Crippen molar-refractivity contribution < 1.29 is 4.79 Å². The summed E-state index contributed by atoms with van der Waals surface area (Å²) in [5.74, 6) is 0.570. The van der Waals surface area contributed by atoms with Gasteiger partial charge in [0.05, 0.1) is 12.7 Å². The molecule has 0 saturated carbocycles. The molecule has 2 heterocycles. The number of aromatic nitrogens is 2. The summed E-state index contributed by atoms with van der Waals surface area (Å²) >= 11 is 5.10. The topological polar surface area (TPSA) is 46.9 Å². The highest BCUT2D eigenvalue weighted by molar-refractivity contribution is 9.10. The third-order valence-electron chi connectivity index (χ3n) is 3.51. The lowest BCUT2D eigenvalue weighted by Crippen LogP contribution is -2.16. The van der Waals surface area contributed by atoms with Gasteiger partial charge in [-0.2, -0.15) is 5.10 Å². The molecule has 23 heavy (non-hydrogen) atoms. The number of benzene rings is 1. The van der Waals surface area contributed by atoms with Crippen LogP contribution in [-0.2, 0) is 13.0 Å². The van der Waals surface area contributed by atoms with Gasteiger partial charge < -0.3 is 5.32 Å². The highest BCUT2D eigenvalue weighted by Crippen LogP contribution is 2.21. The lowest BCUT2D eigenvalue weighted by Gasteiger charge is -2.08. The Morgan fingerprint density at radius 1 is 1.30 bits per heavy atom. The molecule has 1 amide bonds. The van der Waals surface area contributed by atoms with Gasteiger partial charge in [-0.3, -0.25) is 4.79 Å². The number of hydrogen-bond donors (Lipinski definition) is 1. The van der Waals surface area contributed by atoms with E-state index in [0.717, 1.165) is 10.9 Å². The molecule has 0 radical (unpaired) electrons. The Hall–Kier alpha value is -1.92. The zero-order chi connectivity index (χ0) is 16.2. The maximum Gasteiger partial charge on any atom is 0.256 e. The maximum atomic E-state index is 12.4. The Bertz CT molecular complexity index is 807. The average molecular weight is 390 g/mol. The predicted octanol–water partition coefficient (Wildman–Crippen LogP) is 4.57. The third-order valence-corrected chi connectivity index (χ3v) is 5.19. The normalized spacial score (nSPS) is 10.7. The molecule has 3 aromatic rings. The van der Waals surface area contributed by atoms with Crippen LogP contribution in [0.2, 0.25) is 0 Å². The SMILES string of the molecule is CCc1ccc(C(=O)Nc2ccnn2Cc2cc(Br)cs2)cc1. The number of anilines is 1. The Morgan fingerprint density at radius 2 is 2.09 bits per heavy atom. The standard InChI is InChI=1S/C17H16BrN3OS/c1-2-12-3-5-13(6-4-12)17(22)20-16-7-8-19-21(16)10-15-9-14(18)11-23-15/h3-9,11H,2,10H2,1H3,(H,20,22). The highest BCUT2D eigenvalue weighted by Gasteiger charge is 2.10. The summed E-state index contributed by atoms with van der Waals surface area (Å²) in [6, 6.07) is 11.5. The summed E-state index contributed by atoms with van der Waals surface area (Å²) in [6.45, 7) is 2.73. The van der Waals surface area contributed by atoms with Gasteiger partial charge in [0.2, 0.25) is 0 Å². The van der Waals surface area contributed by atoms with Gasteiger partial charge in [0, 0.05) is 26.4 Å². The molecule has 0 aliphatic rings. The van der Waals surface area contributed by atoms with Gasteiger partial charge >= 0.3 is 0 Å². The van der Waals surface area contributed by atoms with Crippen molar-refractivity contribution in [1.82, 2.24) is 9.78 Å². The summed E-state index contributed by atoms with van der Waals surface area (Å²) < 4.78 is 2.85. The van der Waals surface area contributed by atoms with Crippen molar-refractivity contribution in [3.05, 3.63) is 68.5 Å². The van der Waals surface area contributed by atoms with Crippen molar-refractivity contribution in [2.24, 2.45) is 0 Å². The summed E-state index contributed by atoms with van der Waals surface area (Å²) in [5.41, 5.74) is 1.86. The van der Waals surface area contributed by atoms with Crippen molar-refractivity contribution in [2.75, 3.05) is 5.32 Å². The van der Waals surface area contributed by atoms with E-state index in [4.69, 9.17) is 0 Å². The highest BCUT2D eigenvalue weighted by atomic mass is 79.9. The lowest BCUT2D eigenvalue weighted by molar-refractivity contribution is 0.102. The molecule has 0 spiro atoms. The van der Waals surface area contributed by atoms with Gasteiger partial charge in [-0.15, -0.1) is 11.3 Å². The fourth-order valence-corrected chi connectivity index (χ4v) is 3.66. The fourth-order valence-electron chi connectivity index (χ4n) is 2.23. The molecule has 6 heteroatoms. The summed E-state index contributed by atoms with van der Waals surface area (Å²) in [6.07, 6.45) is 2.66. The molecule has 1 aromatic carbocycles. The molecule has 1 N–H and O–H groups in total. The Labute approximate surface area is 147 Å². The molecule has 0 unspecified atom stereocenters. The second kappa shape index (κ2) is 7.10. The van der Waals surface area contributed by atoms with Crippen molar-refractivity contribution in [3.8, 4) is 0 Å². The van der Waals surface area contributed by atoms with E-state index in [9.17, 15) is 4.79 Å². The van der Waals surface area contributed by atoms with E-state index in [1.54, 1.807) is 28.3 Å². The number of rotatable bonds is 5. The monoisotopic (exact) mass is 389 g/mol. The number of nitrogens with zero attached hydrogens (tertiary/aromatic N) is 2. The molecular weight excluding hydrogens is 374 g/mol. The quantitative estimate of drug-likeness (QED) is 0.694. The number of amides is 1. The predicted molar refractivity (Wildman–Crippen MR) is 97.1 cm³/mol. The Kier molecular flexibility index (Phi) is 4.93. The first-order valence-corrected chi connectivity index (χ1v) is 8.98. The van der Waals surface area contributed by atoms with Crippen LogP contribution in [-0.4, -0.2) is 15.7 Å². The van der Waals surface area contributed by atoms with Crippen LogP contribution < -0.4 is 5.32 Å². The summed E-state index contributed by atoms with van der Waals surface area (Å²) in [4.78, 5) is 13.5. The molecule has 2 aromatic heterocycles. The van der Waals surface area contributed by atoms with E-state index in [1.165, 1.54) is 10.4 Å². The van der Waals surface area contributed by atoms with Gasteiger partial charge in [-0.1, -0.05) is 19.1 Å². The van der Waals surface area contributed by atoms with Gasteiger partial charge in [0.15, 0.2) is 0 Å². The number of carbonyl (C=O) groups is 1. The molecule has 0 aliphatic heterocycles. The Balaban J connectivity index is 1.72. The first-order valence-electron chi connectivity index (χ1n) is 7.30. The largest absolute Gasteiger partial charge is 0.307 e. The molecule has 0 fully saturated rings. The number of carbonyl (C=O) groups excluding carboxylic acids is 1. The summed E-state index contributed by atoms with van der Waals surface area (Å²) in [7, 11) is 0. The van der Waals surface area contributed by atoms with E-state index in [-0.39, 0.29) is 5.91 Å². The van der Waals surface area contributed by atoms with Crippen LogP contribution >= 0.6 is 27.3 Å². The molecule has 0 aliphatic carbocycles. The van der Waals surface area contributed by atoms with Crippen LogP contribution in [0.4, 0.5) is 5.82 Å². The van der Waals surface area contributed by atoms with Crippen LogP contribution in [0.5, 0.6) is 0 Å². The van der Waals surface area contributed by atoms with Crippen molar-refractivity contribution in [1.29, 1.82) is 0 Å². The molecular formula is C17H16BrN3OS. The van der Waals surface area contributed by atoms with Gasteiger partial charge in [-0.25, -0.2) is 4.68 Å². The van der Waals surface area contributed by atoms with E-state index >= 15 is 0 Å². The van der Waals surface area contributed by atoms with Crippen LogP contribution in [0.3, 0.4) is 0 Å².